The van der Waals surface area contributed by atoms with Crippen LogP contribution in [0.1, 0.15) is 6.42 Å². The van der Waals surface area contributed by atoms with Crippen LogP contribution in [0.25, 0.3) is 0 Å². The van der Waals surface area contributed by atoms with Gasteiger partial charge in [0.15, 0.2) is 0 Å². The van der Waals surface area contributed by atoms with Crippen molar-refractivity contribution in [3.8, 4) is 12.1 Å². The summed E-state index contributed by atoms with van der Waals surface area (Å²) in [6, 6.07) is 9.10. The number of hydrogen-bond acceptors (Lipinski definition) is 4. The Labute approximate surface area is 127 Å². The topological polar surface area (TPSA) is 88.2 Å². The van der Waals surface area contributed by atoms with E-state index in [9.17, 15) is 14.0 Å². The number of nitrogens with zero attached hydrogens (tertiary/aromatic N) is 4. The molecule has 7 heteroatoms. The Hall–Kier alpha value is -2.93. The molecule has 0 radical (unpaired) electrons. The lowest BCUT2D eigenvalue weighted by Gasteiger charge is -2.20. The zero-order valence-corrected chi connectivity index (χ0v) is 11.7. The predicted octanol–water partition coefficient (Wildman–Crippen LogP) is 1.05. The van der Waals surface area contributed by atoms with Crippen molar-refractivity contribution in [2.75, 3.05) is 24.5 Å². The third kappa shape index (κ3) is 3.21. The fourth-order valence-electron chi connectivity index (χ4n) is 2.38. The zero-order valence-electron chi connectivity index (χ0n) is 11.7. The van der Waals surface area contributed by atoms with Crippen molar-refractivity contribution in [2.24, 2.45) is 5.92 Å². The van der Waals surface area contributed by atoms with Crippen molar-refractivity contribution >= 4 is 17.5 Å². The molecule has 1 atom stereocenters. The number of hydrogen-bond donors (Lipinski definition) is 0. The van der Waals surface area contributed by atoms with Crippen molar-refractivity contribution < 1.29 is 14.0 Å². The maximum atomic E-state index is 12.9. The number of benzene rings is 1. The number of rotatable bonds is 4. The molecule has 0 aromatic heterocycles. The second-order valence-corrected chi connectivity index (χ2v) is 4.89. The summed E-state index contributed by atoms with van der Waals surface area (Å²) in [4.78, 5) is 26.9. The van der Waals surface area contributed by atoms with Crippen LogP contribution in [0.5, 0.6) is 0 Å². The van der Waals surface area contributed by atoms with E-state index in [1.54, 1.807) is 0 Å². The smallest absolute Gasteiger partial charge is 0.229 e. The summed E-state index contributed by atoms with van der Waals surface area (Å²) < 4.78 is 12.9. The molecule has 1 aromatic rings. The monoisotopic (exact) mass is 300 g/mol. The summed E-state index contributed by atoms with van der Waals surface area (Å²) in [6.07, 6.45) is 0.0174. The molecule has 0 saturated carbocycles. The van der Waals surface area contributed by atoms with Gasteiger partial charge in [0, 0.05) is 18.7 Å². The Kier molecular flexibility index (Phi) is 4.70. The third-order valence-electron chi connectivity index (χ3n) is 3.45. The Bertz CT molecular complexity index is 644. The number of nitriles is 2. The van der Waals surface area contributed by atoms with E-state index in [-0.39, 0.29) is 37.9 Å². The summed E-state index contributed by atoms with van der Waals surface area (Å²) in [7, 11) is 0. The molecule has 0 unspecified atom stereocenters. The van der Waals surface area contributed by atoms with Gasteiger partial charge in [-0.2, -0.15) is 10.5 Å². The van der Waals surface area contributed by atoms with Gasteiger partial charge in [0.2, 0.25) is 11.8 Å². The van der Waals surface area contributed by atoms with Gasteiger partial charge in [0.1, 0.15) is 18.9 Å². The Morgan fingerprint density at radius 1 is 1.27 bits per heavy atom. The summed E-state index contributed by atoms with van der Waals surface area (Å²) in [6.45, 7) is -0.210. The fourth-order valence-corrected chi connectivity index (χ4v) is 2.38. The minimum Gasteiger partial charge on any atom is -0.316 e. The highest BCUT2D eigenvalue weighted by atomic mass is 19.1. The van der Waals surface area contributed by atoms with Gasteiger partial charge in [0.25, 0.3) is 0 Å². The lowest BCUT2D eigenvalue weighted by atomic mass is 10.1. The molecule has 0 bridgehead atoms. The SMILES string of the molecule is N#CCN(CC#N)C(=O)[C@@H]1CC(=O)N(c2ccc(F)cc2)C1. The first kappa shape index (κ1) is 15.5. The lowest BCUT2D eigenvalue weighted by Crippen LogP contribution is -2.38. The molecule has 1 aliphatic rings. The summed E-state index contributed by atoms with van der Waals surface area (Å²) in [5.74, 6) is -1.63. The number of anilines is 1. The van der Waals surface area contributed by atoms with Crippen molar-refractivity contribution in [3.63, 3.8) is 0 Å². The molecular formula is C15H13FN4O2. The average molecular weight is 300 g/mol. The van der Waals surface area contributed by atoms with Gasteiger partial charge >= 0.3 is 0 Å². The van der Waals surface area contributed by atoms with E-state index >= 15 is 0 Å². The molecule has 1 heterocycles. The average Bonchev–Trinajstić information content (AvgIpc) is 2.89. The lowest BCUT2D eigenvalue weighted by molar-refractivity contribution is -0.134. The van der Waals surface area contributed by atoms with Gasteiger partial charge in [-0.05, 0) is 24.3 Å². The van der Waals surface area contributed by atoms with E-state index < -0.39 is 11.7 Å². The van der Waals surface area contributed by atoms with Crippen LogP contribution < -0.4 is 4.90 Å². The molecular weight excluding hydrogens is 287 g/mol. The minimum absolute atomic E-state index is 0.0174. The van der Waals surface area contributed by atoms with E-state index in [0.29, 0.717) is 5.69 Å². The normalized spacial score (nSPS) is 17.0. The highest BCUT2D eigenvalue weighted by Crippen LogP contribution is 2.26. The van der Waals surface area contributed by atoms with Gasteiger partial charge in [-0.15, -0.1) is 0 Å². The minimum atomic E-state index is -0.598. The van der Waals surface area contributed by atoms with Gasteiger partial charge < -0.3 is 9.80 Å². The van der Waals surface area contributed by atoms with Crippen LogP contribution in [0.15, 0.2) is 24.3 Å². The standard InChI is InChI=1S/C15H13FN4O2/c16-12-1-3-13(4-2-12)20-10-11(9-14(20)21)15(22)19(7-5-17)8-6-18/h1-4,11H,7-10H2/t11-/m1/s1. The molecule has 1 saturated heterocycles. The highest BCUT2D eigenvalue weighted by Gasteiger charge is 2.37. The Morgan fingerprint density at radius 3 is 2.41 bits per heavy atom. The first-order valence-electron chi connectivity index (χ1n) is 6.65. The zero-order chi connectivity index (χ0) is 16.1. The largest absolute Gasteiger partial charge is 0.316 e. The molecule has 6 nitrogen and oxygen atoms in total. The number of carbonyl (C=O) groups is 2. The van der Waals surface area contributed by atoms with Gasteiger partial charge in [0.05, 0.1) is 18.1 Å². The van der Waals surface area contributed by atoms with Gasteiger partial charge in [-0.3, -0.25) is 9.59 Å². The highest BCUT2D eigenvalue weighted by molar-refractivity contribution is 6.00. The maximum Gasteiger partial charge on any atom is 0.229 e. The van der Waals surface area contributed by atoms with Crippen molar-refractivity contribution in [3.05, 3.63) is 30.1 Å². The second-order valence-electron chi connectivity index (χ2n) is 4.89. The van der Waals surface area contributed by atoms with Crippen molar-refractivity contribution in [1.82, 2.24) is 4.90 Å². The van der Waals surface area contributed by atoms with E-state index in [1.165, 1.54) is 29.2 Å². The predicted molar refractivity (Wildman–Crippen MR) is 74.7 cm³/mol. The summed E-state index contributed by atoms with van der Waals surface area (Å²) >= 11 is 0. The summed E-state index contributed by atoms with van der Waals surface area (Å²) in [5.41, 5.74) is 0.522. The van der Waals surface area contributed by atoms with Crippen LogP contribution in [0.4, 0.5) is 10.1 Å². The number of halogens is 1. The first-order chi connectivity index (χ1) is 10.6. The molecule has 1 fully saturated rings. The number of amides is 2. The Morgan fingerprint density at radius 2 is 1.86 bits per heavy atom. The van der Waals surface area contributed by atoms with Crippen LogP contribution >= 0.6 is 0 Å². The maximum absolute atomic E-state index is 12.9. The van der Waals surface area contributed by atoms with Crippen molar-refractivity contribution in [1.29, 1.82) is 10.5 Å². The molecule has 112 valence electrons. The summed E-state index contributed by atoms with van der Waals surface area (Å²) in [5, 5.41) is 17.4. The van der Waals surface area contributed by atoms with Gasteiger partial charge in [-0.25, -0.2) is 4.39 Å². The molecule has 1 aromatic carbocycles. The van der Waals surface area contributed by atoms with Crippen LogP contribution in [0.3, 0.4) is 0 Å². The third-order valence-corrected chi connectivity index (χ3v) is 3.45. The van der Waals surface area contributed by atoms with E-state index in [2.05, 4.69) is 0 Å². The van der Waals surface area contributed by atoms with Crippen LogP contribution in [0, 0.1) is 34.4 Å². The van der Waals surface area contributed by atoms with E-state index in [1.807, 2.05) is 12.1 Å². The van der Waals surface area contributed by atoms with Crippen LogP contribution in [0.2, 0.25) is 0 Å². The van der Waals surface area contributed by atoms with Crippen LogP contribution in [-0.2, 0) is 9.59 Å². The molecule has 0 spiro atoms. The van der Waals surface area contributed by atoms with Crippen molar-refractivity contribution in [2.45, 2.75) is 6.42 Å². The Balaban J connectivity index is 2.11. The molecule has 0 aliphatic carbocycles. The second kappa shape index (κ2) is 6.68. The van der Waals surface area contributed by atoms with E-state index in [4.69, 9.17) is 10.5 Å². The molecule has 2 rings (SSSR count). The fraction of sp³-hybridized carbons (Fsp3) is 0.333. The molecule has 22 heavy (non-hydrogen) atoms. The first-order valence-corrected chi connectivity index (χ1v) is 6.65. The quantitative estimate of drug-likeness (QED) is 0.778. The van der Waals surface area contributed by atoms with Crippen LogP contribution in [-0.4, -0.2) is 36.3 Å². The molecule has 0 N–H and O–H groups in total. The van der Waals surface area contributed by atoms with Gasteiger partial charge in [-0.1, -0.05) is 0 Å². The number of carbonyl (C=O) groups excluding carboxylic acids is 2. The van der Waals surface area contributed by atoms with E-state index in [0.717, 1.165) is 4.90 Å². The molecule has 1 aliphatic heterocycles. The molecule has 2 amide bonds.